The van der Waals surface area contributed by atoms with E-state index >= 15 is 0 Å². The van der Waals surface area contributed by atoms with Crippen LogP contribution in [-0.2, 0) is 16.0 Å². The SMILES string of the molecule is CC(Cc1ccccc1)CC(C(=O)O)C(=O)O. The fraction of sp³-hybridized carbons (Fsp3) is 0.385. The number of carbonyl (C=O) groups is 2. The molecule has 0 bridgehead atoms. The molecule has 0 saturated carbocycles. The molecular formula is C13H16O4. The standard InChI is InChI=1S/C13H16O4/c1-9(7-10-5-3-2-4-6-10)8-11(12(14)15)13(16)17/h2-6,9,11H,7-8H2,1H3,(H,14,15)(H,16,17). The van der Waals surface area contributed by atoms with Gasteiger partial charge in [-0.3, -0.25) is 9.59 Å². The van der Waals surface area contributed by atoms with Crippen molar-refractivity contribution in [1.29, 1.82) is 0 Å². The van der Waals surface area contributed by atoms with Crippen LogP contribution in [-0.4, -0.2) is 22.2 Å². The maximum Gasteiger partial charge on any atom is 0.317 e. The molecule has 0 aromatic heterocycles. The van der Waals surface area contributed by atoms with Gasteiger partial charge in [0.05, 0.1) is 0 Å². The minimum Gasteiger partial charge on any atom is -0.481 e. The van der Waals surface area contributed by atoms with E-state index in [0.717, 1.165) is 5.56 Å². The summed E-state index contributed by atoms with van der Waals surface area (Å²) in [4.78, 5) is 21.5. The Labute approximate surface area is 99.9 Å². The summed E-state index contributed by atoms with van der Waals surface area (Å²) in [5.74, 6) is -3.82. The predicted molar refractivity (Wildman–Crippen MR) is 62.7 cm³/mol. The van der Waals surface area contributed by atoms with Gasteiger partial charge in [0.1, 0.15) is 0 Å². The molecule has 1 atom stereocenters. The van der Waals surface area contributed by atoms with E-state index in [-0.39, 0.29) is 12.3 Å². The molecule has 2 N–H and O–H groups in total. The van der Waals surface area contributed by atoms with E-state index in [4.69, 9.17) is 10.2 Å². The Hall–Kier alpha value is -1.84. The number of benzene rings is 1. The maximum absolute atomic E-state index is 10.7. The zero-order valence-corrected chi connectivity index (χ0v) is 9.67. The third-order valence-corrected chi connectivity index (χ3v) is 2.66. The van der Waals surface area contributed by atoms with Crippen LogP contribution in [0, 0.1) is 11.8 Å². The molecular weight excluding hydrogens is 220 g/mol. The van der Waals surface area contributed by atoms with Crippen molar-refractivity contribution in [2.24, 2.45) is 11.8 Å². The first-order valence-corrected chi connectivity index (χ1v) is 5.50. The summed E-state index contributed by atoms with van der Waals surface area (Å²) in [6.07, 6.45) is 0.845. The fourth-order valence-corrected chi connectivity index (χ4v) is 1.81. The van der Waals surface area contributed by atoms with Crippen LogP contribution in [0.4, 0.5) is 0 Å². The van der Waals surface area contributed by atoms with Crippen molar-refractivity contribution in [2.75, 3.05) is 0 Å². The summed E-state index contributed by atoms with van der Waals surface area (Å²) in [5, 5.41) is 17.6. The van der Waals surface area contributed by atoms with Crippen LogP contribution in [0.3, 0.4) is 0 Å². The van der Waals surface area contributed by atoms with Crippen LogP contribution in [0.2, 0.25) is 0 Å². The van der Waals surface area contributed by atoms with Crippen LogP contribution >= 0.6 is 0 Å². The quantitative estimate of drug-likeness (QED) is 0.741. The van der Waals surface area contributed by atoms with E-state index in [9.17, 15) is 9.59 Å². The Bertz CT molecular complexity index is 372. The molecule has 0 aliphatic rings. The van der Waals surface area contributed by atoms with Crippen molar-refractivity contribution < 1.29 is 19.8 Å². The largest absolute Gasteiger partial charge is 0.481 e. The van der Waals surface area contributed by atoms with Gasteiger partial charge in [-0.2, -0.15) is 0 Å². The summed E-state index contributed by atoms with van der Waals surface area (Å²) in [5.41, 5.74) is 1.09. The number of aliphatic carboxylic acids is 2. The van der Waals surface area contributed by atoms with Crippen LogP contribution in [0.5, 0.6) is 0 Å². The molecule has 0 aliphatic heterocycles. The average Bonchev–Trinajstić information content (AvgIpc) is 2.26. The number of carboxylic acids is 2. The zero-order valence-electron chi connectivity index (χ0n) is 9.67. The second-order valence-corrected chi connectivity index (χ2v) is 4.26. The van der Waals surface area contributed by atoms with Crippen molar-refractivity contribution in [2.45, 2.75) is 19.8 Å². The van der Waals surface area contributed by atoms with Crippen LogP contribution in [0.1, 0.15) is 18.9 Å². The van der Waals surface area contributed by atoms with E-state index < -0.39 is 17.9 Å². The van der Waals surface area contributed by atoms with Crippen molar-refractivity contribution in [3.05, 3.63) is 35.9 Å². The second kappa shape index (κ2) is 6.03. The molecule has 0 amide bonds. The second-order valence-electron chi connectivity index (χ2n) is 4.26. The molecule has 1 rings (SSSR count). The van der Waals surface area contributed by atoms with Gasteiger partial charge in [0.25, 0.3) is 0 Å². The highest BCUT2D eigenvalue weighted by Gasteiger charge is 2.27. The van der Waals surface area contributed by atoms with Gasteiger partial charge in [0, 0.05) is 0 Å². The lowest BCUT2D eigenvalue weighted by Gasteiger charge is -2.14. The number of hydrogen-bond donors (Lipinski definition) is 2. The minimum atomic E-state index is -1.31. The lowest BCUT2D eigenvalue weighted by atomic mass is 9.91. The Kier molecular flexibility index (Phi) is 4.69. The summed E-state index contributed by atoms with van der Waals surface area (Å²) < 4.78 is 0. The maximum atomic E-state index is 10.7. The molecule has 1 aromatic rings. The molecule has 0 aliphatic carbocycles. The minimum absolute atomic E-state index is 0.0228. The van der Waals surface area contributed by atoms with Gasteiger partial charge in [-0.15, -0.1) is 0 Å². The molecule has 4 heteroatoms. The Balaban J connectivity index is 2.57. The lowest BCUT2D eigenvalue weighted by molar-refractivity contribution is -0.155. The van der Waals surface area contributed by atoms with Crippen molar-refractivity contribution in [3.63, 3.8) is 0 Å². The summed E-state index contributed by atoms with van der Waals surface area (Å²) in [6.45, 7) is 1.87. The highest BCUT2D eigenvalue weighted by Crippen LogP contribution is 2.17. The fourth-order valence-electron chi connectivity index (χ4n) is 1.81. The van der Waals surface area contributed by atoms with Gasteiger partial charge in [-0.25, -0.2) is 0 Å². The van der Waals surface area contributed by atoms with Crippen molar-refractivity contribution in [3.8, 4) is 0 Å². The van der Waals surface area contributed by atoms with Crippen LogP contribution < -0.4 is 0 Å². The molecule has 92 valence electrons. The molecule has 4 nitrogen and oxygen atoms in total. The summed E-state index contributed by atoms with van der Waals surface area (Å²) in [7, 11) is 0. The van der Waals surface area contributed by atoms with E-state index in [2.05, 4.69) is 0 Å². The average molecular weight is 236 g/mol. The Morgan fingerprint density at radius 2 is 1.65 bits per heavy atom. The Morgan fingerprint density at radius 3 is 2.12 bits per heavy atom. The van der Waals surface area contributed by atoms with Gasteiger partial charge < -0.3 is 10.2 Å². The van der Waals surface area contributed by atoms with E-state index in [1.54, 1.807) is 0 Å². The number of rotatable bonds is 6. The smallest absolute Gasteiger partial charge is 0.317 e. The summed E-state index contributed by atoms with van der Waals surface area (Å²) in [6, 6.07) is 9.63. The van der Waals surface area contributed by atoms with E-state index in [1.165, 1.54) is 0 Å². The molecule has 0 spiro atoms. The first-order valence-electron chi connectivity index (χ1n) is 5.50. The topological polar surface area (TPSA) is 74.6 Å². The number of hydrogen-bond acceptors (Lipinski definition) is 2. The first kappa shape index (κ1) is 13.2. The van der Waals surface area contributed by atoms with E-state index in [0.29, 0.717) is 6.42 Å². The summed E-state index contributed by atoms with van der Waals surface area (Å²) >= 11 is 0. The molecule has 1 aromatic carbocycles. The van der Waals surface area contributed by atoms with Crippen LogP contribution in [0.15, 0.2) is 30.3 Å². The van der Waals surface area contributed by atoms with Gasteiger partial charge >= 0.3 is 11.9 Å². The lowest BCUT2D eigenvalue weighted by Crippen LogP contribution is -2.25. The number of carboxylic acid groups (broad SMARTS) is 2. The normalized spacial score (nSPS) is 12.4. The molecule has 0 radical (unpaired) electrons. The molecule has 0 saturated heterocycles. The molecule has 0 heterocycles. The third kappa shape index (κ3) is 4.26. The van der Waals surface area contributed by atoms with Gasteiger partial charge in [0.15, 0.2) is 5.92 Å². The molecule has 17 heavy (non-hydrogen) atoms. The van der Waals surface area contributed by atoms with Crippen LogP contribution in [0.25, 0.3) is 0 Å². The highest BCUT2D eigenvalue weighted by molar-refractivity contribution is 5.92. The first-order chi connectivity index (χ1) is 8.00. The van der Waals surface area contributed by atoms with E-state index in [1.807, 2.05) is 37.3 Å². The zero-order chi connectivity index (χ0) is 12.8. The molecule has 0 fully saturated rings. The highest BCUT2D eigenvalue weighted by atomic mass is 16.4. The Morgan fingerprint density at radius 1 is 1.12 bits per heavy atom. The van der Waals surface area contributed by atoms with Crippen molar-refractivity contribution >= 4 is 11.9 Å². The van der Waals surface area contributed by atoms with Gasteiger partial charge in [-0.05, 0) is 24.3 Å². The third-order valence-electron chi connectivity index (χ3n) is 2.66. The van der Waals surface area contributed by atoms with Crippen molar-refractivity contribution in [1.82, 2.24) is 0 Å². The predicted octanol–water partition coefficient (Wildman–Crippen LogP) is 2.04. The van der Waals surface area contributed by atoms with Gasteiger partial charge in [-0.1, -0.05) is 37.3 Å². The monoisotopic (exact) mass is 236 g/mol. The molecule has 1 unspecified atom stereocenters. The van der Waals surface area contributed by atoms with Gasteiger partial charge in [0.2, 0.25) is 0 Å².